The summed E-state index contributed by atoms with van der Waals surface area (Å²) in [5, 5.41) is 0. The van der Waals surface area contributed by atoms with E-state index in [1.165, 1.54) is 11.3 Å². The van der Waals surface area contributed by atoms with E-state index in [1.807, 2.05) is 4.90 Å². The molecule has 1 aromatic rings. The lowest BCUT2D eigenvalue weighted by Crippen LogP contribution is -2.55. The molecule has 1 fully saturated rings. The van der Waals surface area contributed by atoms with Crippen LogP contribution < -0.4 is 9.80 Å². The van der Waals surface area contributed by atoms with E-state index in [2.05, 4.69) is 58.8 Å². The molecular weight excluding hydrogens is 342 g/mol. The topological polar surface area (TPSA) is 26.8 Å². The summed E-state index contributed by atoms with van der Waals surface area (Å²) in [7, 11) is 2.20. The van der Waals surface area contributed by atoms with Gasteiger partial charge in [-0.2, -0.15) is 0 Å². The Morgan fingerprint density at radius 2 is 1.82 bits per heavy atom. The third kappa shape index (κ3) is 2.65. The maximum atomic E-state index is 11.8. The number of anilines is 2. The van der Waals surface area contributed by atoms with Gasteiger partial charge in [0.2, 0.25) is 5.91 Å². The molecule has 0 radical (unpaired) electrons. The Labute approximate surface area is 141 Å². The molecule has 2 heterocycles. The van der Waals surface area contributed by atoms with Crippen molar-refractivity contribution < 1.29 is 4.79 Å². The van der Waals surface area contributed by atoms with Gasteiger partial charge < -0.3 is 9.80 Å². The molecule has 1 saturated heterocycles. The second-order valence-electron chi connectivity index (χ2n) is 6.62. The summed E-state index contributed by atoms with van der Waals surface area (Å²) >= 11 is 3.74. The average Bonchev–Trinajstić information content (AvgIpc) is 2.86. The maximum Gasteiger partial charge on any atom is 0.223 e. The molecule has 1 amide bonds. The van der Waals surface area contributed by atoms with Crippen LogP contribution in [0.15, 0.2) is 16.6 Å². The van der Waals surface area contributed by atoms with Gasteiger partial charge in [0, 0.05) is 48.8 Å². The van der Waals surface area contributed by atoms with Gasteiger partial charge in [-0.1, -0.05) is 0 Å². The lowest BCUT2D eigenvalue weighted by molar-refractivity contribution is -0.116. The van der Waals surface area contributed by atoms with Crippen molar-refractivity contribution in [3.05, 3.63) is 22.2 Å². The summed E-state index contributed by atoms with van der Waals surface area (Å²) in [5.41, 5.74) is 3.56. The highest BCUT2D eigenvalue weighted by Crippen LogP contribution is 2.38. The minimum absolute atomic E-state index is 0.132. The van der Waals surface area contributed by atoms with Gasteiger partial charge in [0.05, 0.1) is 5.69 Å². The van der Waals surface area contributed by atoms with Gasteiger partial charge in [0.25, 0.3) is 0 Å². The second-order valence-corrected chi connectivity index (χ2v) is 7.48. The van der Waals surface area contributed by atoms with E-state index in [0.29, 0.717) is 12.1 Å². The van der Waals surface area contributed by atoms with Gasteiger partial charge in [-0.25, -0.2) is 0 Å². The number of piperazine rings is 1. The first-order valence-electron chi connectivity index (χ1n) is 7.96. The highest BCUT2D eigenvalue weighted by atomic mass is 79.9. The highest BCUT2D eigenvalue weighted by Gasteiger charge is 2.30. The van der Waals surface area contributed by atoms with Gasteiger partial charge in [-0.15, -0.1) is 0 Å². The number of benzene rings is 1. The highest BCUT2D eigenvalue weighted by molar-refractivity contribution is 9.10. The van der Waals surface area contributed by atoms with E-state index in [9.17, 15) is 4.79 Å². The zero-order valence-electron chi connectivity index (χ0n) is 13.8. The molecule has 4 nitrogen and oxygen atoms in total. The number of carbonyl (C=O) groups excluding carboxylic acids is 1. The first-order chi connectivity index (χ1) is 10.4. The number of fused-ring (bicyclic) bond motifs is 1. The molecule has 2 unspecified atom stereocenters. The normalized spacial score (nSPS) is 25.5. The fourth-order valence-corrected chi connectivity index (χ4v) is 4.21. The zero-order chi connectivity index (χ0) is 16.0. The van der Waals surface area contributed by atoms with Crippen LogP contribution in [0.4, 0.5) is 11.4 Å². The summed E-state index contributed by atoms with van der Waals surface area (Å²) in [6.07, 6.45) is 0.948. The van der Waals surface area contributed by atoms with Crippen LogP contribution >= 0.6 is 15.9 Å². The van der Waals surface area contributed by atoms with Gasteiger partial charge in [0.1, 0.15) is 0 Å². The molecule has 5 heteroatoms. The van der Waals surface area contributed by atoms with E-state index in [0.717, 1.165) is 36.2 Å². The van der Waals surface area contributed by atoms with Gasteiger partial charge in [-0.3, -0.25) is 9.69 Å². The molecule has 0 aromatic heterocycles. The quantitative estimate of drug-likeness (QED) is 0.765. The number of amides is 1. The van der Waals surface area contributed by atoms with Crippen LogP contribution in [0.25, 0.3) is 0 Å². The van der Waals surface area contributed by atoms with Gasteiger partial charge in [-0.05, 0) is 60.9 Å². The van der Waals surface area contributed by atoms with Crippen molar-refractivity contribution in [1.29, 1.82) is 0 Å². The largest absolute Gasteiger partial charge is 0.367 e. The Morgan fingerprint density at radius 3 is 2.41 bits per heavy atom. The minimum Gasteiger partial charge on any atom is -0.367 e. The molecule has 0 spiro atoms. The van der Waals surface area contributed by atoms with Crippen molar-refractivity contribution in [3.63, 3.8) is 0 Å². The van der Waals surface area contributed by atoms with Crippen LogP contribution in [0.3, 0.4) is 0 Å². The fourth-order valence-electron chi connectivity index (χ4n) is 3.57. The van der Waals surface area contributed by atoms with Crippen LogP contribution in [0.1, 0.15) is 26.3 Å². The Morgan fingerprint density at radius 1 is 1.18 bits per heavy atom. The third-order valence-corrected chi connectivity index (χ3v) is 5.76. The molecular formula is C17H24BrN3O. The minimum atomic E-state index is 0.132. The summed E-state index contributed by atoms with van der Waals surface area (Å²) < 4.78 is 1.14. The molecule has 120 valence electrons. The third-order valence-electron chi connectivity index (χ3n) is 5.12. The van der Waals surface area contributed by atoms with E-state index in [4.69, 9.17) is 0 Å². The standard InChI is InChI=1S/C17H24BrN3O/c1-11-9-20(10-12(2)19(11)4)17-8-16-14(7-15(17)18)5-6-21(16)13(3)22/h7-8,11-12H,5-6,9-10H2,1-4H3. The van der Waals surface area contributed by atoms with Crippen LogP contribution in [0.2, 0.25) is 0 Å². The molecule has 1 aromatic carbocycles. The first-order valence-corrected chi connectivity index (χ1v) is 8.75. The Balaban J connectivity index is 1.95. The Kier molecular flexibility index (Phi) is 4.21. The fraction of sp³-hybridized carbons (Fsp3) is 0.588. The molecule has 0 aliphatic carbocycles. The lowest BCUT2D eigenvalue weighted by atomic mass is 10.1. The van der Waals surface area contributed by atoms with Gasteiger partial charge in [0.15, 0.2) is 0 Å². The summed E-state index contributed by atoms with van der Waals surface area (Å²) in [4.78, 5) is 18.6. The number of halogens is 1. The number of hydrogen-bond acceptors (Lipinski definition) is 3. The molecule has 2 aliphatic heterocycles. The van der Waals surface area contributed by atoms with Crippen LogP contribution in [0, 0.1) is 0 Å². The number of hydrogen-bond donors (Lipinski definition) is 0. The molecule has 3 rings (SSSR count). The zero-order valence-corrected chi connectivity index (χ0v) is 15.4. The van der Waals surface area contributed by atoms with E-state index in [-0.39, 0.29) is 5.91 Å². The van der Waals surface area contributed by atoms with Crippen molar-refractivity contribution >= 4 is 33.2 Å². The number of rotatable bonds is 1. The monoisotopic (exact) mass is 365 g/mol. The second kappa shape index (κ2) is 5.85. The molecule has 0 bridgehead atoms. The predicted octanol–water partition coefficient (Wildman–Crippen LogP) is 2.89. The van der Waals surface area contributed by atoms with E-state index in [1.54, 1.807) is 6.92 Å². The number of likely N-dealkylation sites (N-methyl/N-ethyl adjacent to an activating group) is 1. The Bertz CT molecular complexity index is 592. The molecule has 0 saturated carbocycles. The molecule has 2 aliphatic rings. The first kappa shape index (κ1) is 15.8. The molecule has 2 atom stereocenters. The van der Waals surface area contributed by atoms with E-state index < -0.39 is 0 Å². The molecule has 0 N–H and O–H groups in total. The summed E-state index contributed by atoms with van der Waals surface area (Å²) in [6, 6.07) is 5.43. The van der Waals surface area contributed by atoms with Crippen molar-refractivity contribution in [1.82, 2.24) is 4.90 Å². The SMILES string of the molecule is CC(=O)N1CCc2cc(Br)c(N3CC(C)N(C)C(C)C3)cc21. The average molecular weight is 366 g/mol. The number of carbonyl (C=O) groups is 1. The van der Waals surface area contributed by atoms with Crippen LogP contribution in [-0.2, 0) is 11.2 Å². The van der Waals surface area contributed by atoms with Crippen molar-refractivity contribution in [2.75, 3.05) is 36.5 Å². The summed E-state index contributed by atoms with van der Waals surface area (Å²) in [5.74, 6) is 0.132. The Hall–Kier alpha value is -1.07. The van der Waals surface area contributed by atoms with E-state index >= 15 is 0 Å². The van der Waals surface area contributed by atoms with Crippen LogP contribution in [-0.4, -0.2) is 49.6 Å². The van der Waals surface area contributed by atoms with Gasteiger partial charge >= 0.3 is 0 Å². The predicted molar refractivity (Wildman–Crippen MR) is 94.8 cm³/mol. The van der Waals surface area contributed by atoms with Crippen molar-refractivity contribution in [2.24, 2.45) is 0 Å². The lowest BCUT2D eigenvalue weighted by Gasteiger charge is -2.44. The van der Waals surface area contributed by atoms with Crippen molar-refractivity contribution in [3.8, 4) is 0 Å². The van der Waals surface area contributed by atoms with Crippen molar-refractivity contribution in [2.45, 2.75) is 39.3 Å². The summed E-state index contributed by atoms with van der Waals surface area (Å²) in [6.45, 7) is 9.02. The maximum absolute atomic E-state index is 11.8. The smallest absolute Gasteiger partial charge is 0.223 e. The number of nitrogens with zero attached hydrogens (tertiary/aromatic N) is 3. The van der Waals surface area contributed by atoms with Crippen LogP contribution in [0.5, 0.6) is 0 Å². The molecule has 22 heavy (non-hydrogen) atoms.